The van der Waals surface area contributed by atoms with Crippen LogP contribution >= 0.6 is 24.8 Å². The SMILES string of the molecule is Cl.Cl.c1cnc2c(c1)CCC(CCCCOC1CCNC1)N2. The van der Waals surface area contributed by atoms with Gasteiger partial charge in [-0.15, -0.1) is 24.8 Å². The molecule has 1 aromatic heterocycles. The Balaban J connectivity index is 0.00000121. The van der Waals surface area contributed by atoms with E-state index in [0.717, 1.165) is 31.9 Å². The summed E-state index contributed by atoms with van der Waals surface area (Å²) in [5, 5.41) is 6.90. The van der Waals surface area contributed by atoms with E-state index in [4.69, 9.17) is 4.74 Å². The average Bonchev–Trinajstić information content (AvgIpc) is 3.00. The Labute approximate surface area is 145 Å². The maximum atomic E-state index is 5.85. The van der Waals surface area contributed by atoms with Gasteiger partial charge in [-0.2, -0.15) is 0 Å². The van der Waals surface area contributed by atoms with Gasteiger partial charge in [0.1, 0.15) is 5.82 Å². The number of hydrogen-bond donors (Lipinski definition) is 2. The van der Waals surface area contributed by atoms with Crippen molar-refractivity contribution >= 4 is 30.6 Å². The van der Waals surface area contributed by atoms with E-state index < -0.39 is 0 Å². The Bertz CT molecular complexity index is 428. The molecule has 0 amide bonds. The number of aryl methyl sites for hydroxylation is 1. The maximum Gasteiger partial charge on any atom is 0.129 e. The van der Waals surface area contributed by atoms with E-state index in [1.165, 1.54) is 37.7 Å². The normalized spacial score (nSPS) is 22.9. The van der Waals surface area contributed by atoms with Crippen LogP contribution in [-0.4, -0.2) is 36.8 Å². The minimum atomic E-state index is 0. The van der Waals surface area contributed by atoms with Gasteiger partial charge in [0, 0.05) is 25.4 Å². The first-order valence-corrected chi connectivity index (χ1v) is 7.94. The molecule has 4 nitrogen and oxygen atoms in total. The van der Waals surface area contributed by atoms with Crippen LogP contribution in [0.5, 0.6) is 0 Å². The summed E-state index contributed by atoms with van der Waals surface area (Å²) in [7, 11) is 0. The summed E-state index contributed by atoms with van der Waals surface area (Å²) in [5.74, 6) is 1.09. The lowest BCUT2D eigenvalue weighted by Crippen LogP contribution is -2.26. The summed E-state index contributed by atoms with van der Waals surface area (Å²) in [5.41, 5.74) is 1.36. The number of unbranched alkanes of at least 4 members (excludes halogenated alkanes) is 1. The number of pyridine rings is 1. The Morgan fingerprint density at radius 1 is 1.23 bits per heavy atom. The van der Waals surface area contributed by atoms with E-state index in [0.29, 0.717) is 12.1 Å². The van der Waals surface area contributed by atoms with Gasteiger partial charge in [-0.05, 0) is 56.7 Å². The standard InChI is InChI=1S/C16H25N3O.2ClH/c1(2-11-20-15-8-10-17-12-15)5-14-7-6-13-4-3-9-18-16(13)19-14;;/h3-4,9,14-15,17H,1-2,5-8,10-12H2,(H,18,19);2*1H. The molecule has 1 fully saturated rings. The molecule has 0 aliphatic carbocycles. The van der Waals surface area contributed by atoms with E-state index in [1.807, 2.05) is 12.3 Å². The Hall–Kier alpha value is -0.550. The highest BCUT2D eigenvalue weighted by atomic mass is 35.5. The second-order valence-electron chi connectivity index (χ2n) is 5.87. The van der Waals surface area contributed by atoms with E-state index in [1.54, 1.807) is 0 Å². The van der Waals surface area contributed by atoms with E-state index in [-0.39, 0.29) is 24.8 Å². The van der Waals surface area contributed by atoms with Crippen LogP contribution in [0.25, 0.3) is 0 Å². The number of hydrogen-bond acceptors (Lipinski definition) is 4. The Kier molecular flexibility index (Phi) is 9.10. The fourth-order valence-corrected chi connectivity index (χ4v) is 3.10. The Morgan fingerprint density at radius 3 is 2.95 bits per heavy atom. The number of ether oxygens (including phenoxy) is 1. The molecule has 22 heavy (non-hydrogen) atoms. The van der Waals surface area contributed by atoms with Gasteiger partial charge in [-0.25, -0.2) is 4.98 Å². The van der Waals surface area contributed by atoms with Crippen molar-refractivity contribution in [3.63, 3.8) is 0 Å². The molecule has 0 aromatic carbocycles. The minimum Gasteiger partial charge on any atom is -0.377 e. The van der Waals surface area contributed by atoms with Gasteiger partial charge in [0.2, 0.25) is 0 Å². The molecular formula is C16H27Cl2N3O. The van der Waals surface area contributed by atoms with Gasteiger partial charge in [0.15, 0.2) is 0 Å². The second-order valence-corrected chi connectivity index (χ2v) is 5.87. The molecule has 2 atom stereocenters. The lowest BCUT2D eigenvalue weighted by Gasteiger charge is -2.26. The van der Waals surface area contributed by atoms with Crippen molar-refractivity contribution in [2.75, 3.05) is 25.0 Å². The highest BCUT2D eigenvalue weighted by molar-refractivity contribution is 5.85. The van der Waals surface area contributed by atoms with Crippen molar-refractivity contribution in [3.8, 4) is 0 Å². The fourth-order valence-electron chi connectivity index (χ4n) is 3.10. The zero-order chi connectivity index (χ0) is 13.6. The molecular weight excluding hydrogens is 321 g/mol. The van der Waals surface area contributed by atoms with Crippen LogP contribution in [0, 0.1) is 0 Å². The molecule has 6 heteroatoms. The van der Waals surface area contributed by atoms with Gasteiger partial charge >= 0.3 is 0 Å². The summed E-state index contributed by atoms with van der Waals surface area (Å²) >= 11 is 0. The van der Waals surface area contributed by atoms with Crippen LogP contribution in [0.15, 0.2) is 18.3 Å². The first-order valence-electron chi connectivity index (χ1n) is 7.94. The quantitative estimate of drug-likeness (QED) is 0.775. The number of fused-ring (bicyclic) bond motifs is 1. The zero-order valence-electron chi connectivity index (χ0n) is 12.9. The zero-order valence-corrected chi connectivity index (χ0v) is 14.6. The molecule has 1 aromatic rings. The molecule has 0 radical (unpaired) electrons. The molecule has 0 spiro atoms. The summed E-state index contributed by atoms with van der Waals surface area (Å²) in [6.07, 6.45) is 9.52. The molecule has 3 rings (SSSR count). The van der Waals surface area contributed by atoms with Crippen molar-refractivity contribution in [1.82, 2.24) is 10.3 Å². The molecule has 2 aliphatic heterocycles. The first kappa shape index (κ1) is 19.5. The van der Waals surface area contributed by atoms with Gasteiger partial charge in [-0.1, -0.05) is 6.07 Å². The lowest BCUT2D eigenvalue weighted by molar-refractivity contribution is 0.0640. The molecule has 2 N–H and O–H groups in total. The van der Waals surface area contributed by atoms with Crippen molar-refractivity contribution in [2.24, 2.45) is 0 Å². The summed E-state index contributed by atoms with van der Waals surface area (Å²) in [6.45, 7) is 3.06. The predicted molar refractivity (Wildman–Crippen MR) is 95.5 cm³/mol. The fraction of sp³-hybridized carbons (Fsp3) is 0.688. The third-order valence-electron chi connectivity index (χ3n) is 4.31. The van der Waals surface area contributed by atoms with Gasteiger partial charge < -0.3 is 15.4 Å². The van der Waals surface area contributed by atoms with E-state index >= 15 is 0 Å². The number of aromatic nitrogens is 1. The van der Waals surface area contributed by atoms with Crippen LogP contribution < -0.4 is 10.6 Å². The molecule has 2 aliphatic rings. The number of halogens is 2. The van der Waals surface area contributed by atoms with Crippen LogP contribution in [0.3, 0.4) is 0 Å². The minimum absolute atomic E-state index is 0. The number of anilines is 1. The largest absolute Gasteiger partial charge is 0.377 e. The van der Waals surface area contributed by atoms with Crippen molar-refractivity contribution in [2.45, 2.75) is 50.7 Å². The van der Waals surface area contributed by atoms with Crippen LogP contribution in [-0.2, 0) is 11.2 Å². The molecule has 0 bridgehead atoms. The predicted octanol–water partition coefficient (Wildman–Crippen LogP) is 3.20. The average molecular weight is 348 g/mol. The van der Waals surface area contributed by atoms with Crippen molar-refractivity contribution < 1.29 is 4.74 Å². The lowest BCUT2D eigenvalue weighted by atomic mass is 9.97. The monoisotopic (exact) mass is 347 g/mol. The summed E-state index contributed by atoms with van der Waals surface area (Å²) in [4.78, 5) is 4.42. The molecule has 2 unspecified atom stereocenters. The third-order valence-corrected chi connectivity index (χ3v) is 4.31. The second kappa shape index (κ2) is 10.3. The number of nitrogens with zero attached hydrogens (tertiary/aromatic N) is 1. The van der Waals surface area contributed by atoms with E-state index in [9.17, 15) is 0 Å². The highest BCUT2D eigenvalue weighted by Crippen LogP contribution is 2.24. The molecule has 126 valence electrons. The van der Waals surface area contributed by atoms with Crippen LogP contribution in [0.1, 0.15) is 37.7 Å². The number of nitrogens with one attached hydrogen (secondary N) is 2. The molecule has 3 heterocycles. The van der Waals surface area contributed by atoms with Crippen LogP contribution in [0.2, 0.25) is 0 Å². The highest BCUT2D eigenvalue weighted by Gasteiger charge is 2.18. The Morgan fingerprint density at radius 2 is 2.14 bits per heavy atom. The van der Waals surface area contributed by atoms with Crippen molar-refractivity contribution in [1.29, 1.82) is 0 Å². The van der Waals surface area contributed by atoms with E-state index in [2.05, 4.69) is 21.7 Å². The van der Waals surface area contributed by atoms with Gasteiger partial charge in [-0.3, -0.25) is 0 Å². The van der Waals surface area contributed by atoms with Crippen LogP contribution in [0.4, 0.5) is 5.82 Å². The molecule has 0 saturated carbocycles. The summed E-state index contributed by atoms with van der Waals surface area (Å²) in [6, 6.07) is 4.79. The topological polar surface area (TPSA) is 46.2 Å². The third kappa shape index (κ3) is 5.58. The van der Waals surface area contributed by atoms with Gasteiger partial charge in [0.05, 0.1) is 6.10 Å². The van der Waals surface area contributed by atoms with Gasteiger partial charge in [0.25, 0.3) is 0 Å². The maximum absolute atomic E-state index is 5.85. The number of rotatable bonds is 6. The summed E-state index contributed by atoms with van der Waals surface area (Å²) < 4.78 is 5.85. The first-order chi connectivity index (χ1) is 9.92. The smallest absolute Gasteiger partial charge is 0.129 e. The molecule has 1 saturated heterocycles. The van der Waals surface area contributed by atoms with Crippen molar-refractivity contribution in [3.05, 3.63) is 23.9 Å².